The fourth-order valence-electron chi connectivity index (χ4n) is 0.773. The lowest BCUT2D eigenvalue weighted by Gasteiger charge is -1.99. The van der Waals surface area contributed by atoms with Crippen LogP contribution in [-0.4, -0.2) is 16.7 Å². The van der Waals surface area contributed by atoms with Crippen LogP contribution in [0.5, 0.6) is 0 Å². The van der Waals surface area contributed by atoms with Crippen molar-refractivity contribution in [2.75, 3.05) is 11.9 Å². The minimum absolute atomic E-state index is 0.620. The van der Waals surface area contributed by atoms with E-state index in [1.165, 1.54) is 0 Å². The van der Waals surface area contributed by atoms with E-state index in [1.807, 2.05) is 19.9 Å². The minimum Gasteiger partial charge on any atom is -0.358 e. The van der Waals surface area contributed by atoms with Crippen molar-refractivity contribution >= 4 is 5.82 Å². The van der Waals surface area contributed by atoms with E-state index in [1.54, 1.807) is 6.20 Å². The van der Waals surface area contributed by atoms with E-state index in [0.29, 0.717) is 6.54 Å². The summed E-state index contributed by atoms with van der Waals surface area (Å²) in [5, 5.41) is 10.7. The van der Waals surface area contributed by atoms with Gasteiger partial charge < -0.3 is 5.32 Å². The first kappa shape index (κ1) is 8.54. The molecule has 0 bridgehead atoms. The van der Waals surface area contributed by atoms with Crippen molar-refractivity contribution in [3.8, 4) is 11.8 Å². The van der Waals surface area contributed by atoms with E-state index in [2.05, 4.69) is 27.4 Å². The van der Waals surface area contributed by atoms with Crippen molar-refractivity contribution in [3.05, 3.63) is 17.8 Å². The molecule has 1 aromatic heterocycles. The Balaban J connectivity index is 2.55. The molecule has 0 radical (unpaired) electrons. The normalized spacial score (nSPS) is 8.50. The Labute approximate surface area is 72.2 Å². The van der Waals surface area contributed by atoms with E-state index in [4.69, 9.17) is 0 Å². The number of rotatable bonds is 2. The maximum atomic E-state index is 3.88. The van der Waals surface area contributed by atoms with Gasteiger partial charge in [0.05, 0.1) is 12.7 Å². The van der Waals surface area contributed by atoms with Crippen molar-refractivity contribution in [3.63, 3.8) is 0 Å². The monoisotopic (exact) mass is 161 g/mol. The quantitative estimate of drug-likeness (QED) is 0.663. The molecule has 0 amide bonds. The van der Waals surface area contributed by atoms with Crippen LogP contribution in [0.15, 0.2) is 12.3 Å². The van der Waals surface area contributed by atoms with Crippen molar-refractivity contribution < 1.29 is 0 Å². The molecule has 0 saturated carbocycles. The third kappa shape index (κ3) is 2.59. The van der Waals surface area contributed by atoms with Crippen LogP contribution in [0.25, 0.3) is 0 Å². The van der Waals surface area contributed by atoms with E-state index < -0.39 is 0 Å². The average molecular weight is 161 g/mol. The Morgan fingerprint density at radius 1 is 1.58 bits per heavy atom. The molecule has 3 heteroatoms. The second-order valence-electron chi connectivity index (χ2n) is 2.40. The van der Waals surface area contributed by atoms with E-state index in [-0.39, 0.29) is 0 Å². The Kier molecular flexibility index (Phi) is 3.09. The second-order valence-corrected chi connectivity index (χ2v) is 2.40. The first-order chi connectivity index (χ1) is 5.83. The van der Waals surface area contributed by atoms with Crippen LogP contribution >= 0.6 is 0 Å². The number of aryl methyl sites for hydroxylation is 1. The molecule has 0 aliphatic rings. The van der Waals surface area contributed by atoms with E-state index >= 15 is 0 Å². The molecule has 0 aromatic carbocycles. The highest BCUT2D eigenvalue weighted by atomic mass is 15.2. The lowest BCUT2D eigenvalue weighted by molar-refractivity contribution is 1.01. The van der Waals surface area contributed by atoms with Crippen LogP contribution in [0, 0.1) is 18.8 Å². The molecule has 0 fully saturated rings. The van der Waals surface area contributed by atoms with Gasteiger partial charge >= 0.3 is 0 Å². The first-order valence-corrected chi connectivity index (χ1v) is 3.75. The molecule has 0 unspecified atom stereocenters. The van der Waals surface area contributed by atoms with Gasteiger partial charge in [0.1, 0.15) is 5.82 Å². The largest absolute Gasteiger partial charge is 0.358 e. The van der Waals surface area contributed by atoms with Crippen molar-refractivity contribution in [1.29, 1.82) is 0 Å². The van der Waals surface area contributed by atoms with Gasteiger partial charge in [-0.25, -0.2) is 0 Å². The highest BCUT2D eigenvalue weighted by Gasteiger charge is 1.91. The summed E-state index contributed by atoms with van der Waals surface area (Å²) in [5.74, 6) is 6.45. The number of nitrogens with one attached hydrogen (secondary N) is 1. The molecule has 1 rings (SSSR count). The first-order valence-electron chi connectivity index (χ1n) is 3.75. The Morgan fingerprint density at radius 2 is 2.42 bits per heavy atom. The van der Waals surface area contributed by atoms with Gasteiger partial charge in [0.2, 0.25) is 0 Å². The third-order valence-electron chi connectivity index (χ3n) is 1.33. The Morgan fingerprint density at radius 3 is 3.08 bits per heavy atom. The molecule has 3 nitrogen and oxygen atoms in total. The van der Waals surface area contributed by atoms with Gasteiger partial charge in [-0.15, -0.1) is 11.0 Å². The SMILES string of the molecule is CC#CCNc1cc(C)cnn1. The molecule has 0 aliphatic carbocycles. The number of anilines is 1. The molecule has 62 valence electrons. The lowest BCUT2D eigenvalue weighted by atomic mass is 10.3. The highest BCUT2D eigenvalue weighted by molar-refractivity contribution is 5.36. The molecular weight excluding hydrogens is 150 g/mol. The van der Waals surface area contributed by atoms with Crippen LogP contribution in [0.1, 0.15) is 12.5 Å². The van der Waals surface area contributed by atoms with Crippen LogP contribution in [0.4, 0.5) is 5.82 Å². The molecule has 0 aliphatic heterocycles. The van der Waals surface area contributed by atoms with Crippen LogP contribution < -0.4 is 5.32 Å². The van der Waals surface area contributed by atoms with Gasteiger partial charge in [0, 0.05) is 0 Å². The zero-order valence-electron chi connectivity index (χ0n) is 7.26. The molecular formula is C9H11N3. The summed E-state index contributed by atoms with van der Waals surface area (Å²) in [6.07, 6.45) is 1.72. The molecule has 12 heavy (non-hydrogen) atoms. The molecule has 1 N–H and O–H groups in total. The zero-order valence-corrected chi connectivity index (χ0v) is 7.26. The van der Waals surface area contributed by atoms with Gasteiger partial charge in [0.25, 0.3) is 0 Å². The van der Waals surface area contributed by atoms with E-state index in [9.17, 15) is 0 Å². The van der Waals surface area contributed by atoms with Crippen molar-refractivity contribution in [2.45, 2.75) is 13.8 Å². The van der Waals surface area contributed by atoms with Crippen LogP contribution in [-0.2, 0) is 0 Å². The Hall–Kier alpha value is -1.56. The van der Waals surface area contributed by atoms with Crippen molar-refractivity contribution in [1.82, 2.24) is 10.2 Å². The summed E-state index contributed by atoms with van der Waals surface area (Å²) in [6, 6.07) is 1.93. The molecule has 1 aromatic rings. The summed E-state index contributed by atoms with van der Waals surface area (Å²) < 4.78 is 0. The Bertz CT molecular complexity index is 309. The zero-order chi connectivity index (χ0) is 8.81. The predicted octanol–water partition coefficient (Wildman–Crippen LogP) is 1.22. The number of hydrogen-bond acceptors (Lipinski definition) is 3. The maximum absolute atomic E-state index is 3.88. The predicted molar refractivity (Wildman–Crippen MR) is 48.7 cm³/mol. The van der Waals surface area contributed by atoms with Crippen LogP contribution in [0.2, 0.25) is 0 Å². The van der Waals surface area contributed by atoms with Gasteiger partial charge in [-0.05, 0) is 25.5 Å². The molecule has 1 heterocycles. The fourth-order valence-corrected chi connectivity index (χ4v) is 0.773. The van der Waals surface area contributed by atoms with Gasteiger partial charge in [-0.2, -0.15) is 5.10 Å². The summed E-state index contributed by atoms with van der Waals surface area (Å²) >= 11 is 0. The highest BCUT2D eigenvalue weighted by Crippen LogP contribution is 2.01. The lowest BCUT2D eigenvalue weighted by Crippen LogP contribution is -2.01. The molecule has 0 atom stereocenters. The van der Waals surface area contributed by atoms with Gasteiger partial charge in [0.15, 0.2) is 0 Å². The van der Waals surface area contributed by atoms with Gasteiger partial charge in [-0.3, -0.25) is 0 Å². The molecule has 0 saturated heterocycles. The van der Waals surface area contributed by atoms with E-state index in [0.717, 1.165) is 11.4 Å². The van der Waals surface area contributed by atoms with Gasteiger partial charge in [-0.1, -0.05) is 5.92 Å². The number of aromatic nitrogens is 2. The topological polar surface area (TPSA) is 37.8 Å². The fraction of sp³-hybridized carbons (Fsp3) is 0.333. The van der Waals surface area contributed by atoms with Crippen molar-refractivity contribution in [2.24, 2.45) is 0 Å². The standard InChI is InChI=1S/C9H11N3/c1-3-4-5-10-9-6-8(2)7-11-12-9/h6-7H,5H2,1-2H3,(H,10,12). The summed E-state index contributed by atoms with van der Waals surface area (Å²) in [5.41, 5.74) is 1.09. The second kappa shape index (κ2) is 4.35. The number of nitrogens with zero attached hydrogens (tertiary/aromatic N) is 2. The molecule has 0 spiro atoms. The minimum atomic E-state index is 0.620. The summed E-state index contributed by atoms with van der Waals surface area (Å²) in [4.78, 5) is 0. The third-order valence-corrected chi connectivity index (χ3v) is 1.33. The summed E-state index contributed by atoms with van der Waals surface area (Å²) in [7, 11) is 0. The summed E-state index contributed by atoms with van der Waals surface area (Å²) in [6.45, 7) is 4.41. The number of hydrogen-bond donors (Lipinski definition) is 1. The average Bonchev–Trinajstić information content (AvgIpc) is 2.05. The maximum Gasteiger partial charge on any atom is 0.149 e. The van der Waals surface area contributed by atoms with Crippen LogP contribution in [0.3, 0.4) is 0 Å². The smallest absolute Gasteiger partial charge is 0.149 e.